The van der Waals surface area contributed by atoms with Crippen LogP contribution < -0.4 is 0 Å². The molecule has 2 N–H and O–H groups in total. The number of benzene rings is 2. The summed E-state index contributed by atoms with van der Waals surface area (Å²) in [6, 6.07) is 12.2. The monoisotopic (exact) mass is 418 g/mol. The molecular weight excluding hydrogens is 404 g/mol. The zero-order valence-corrected chi connectivity index (χ0v) is 16.3. The van der Waals surface area contributed by atoms with Crippen LogP contribution in [0.4, 0.5) is 0 Å². The molecule has 2 aromatic carbocycles. The number of ketones is 2. The molecule has 0 bridgehead atoms. The fourth-order valence-electron chi connectivity index (χ4n) is 2.03. The van der Waals surface area contributed by atoms with Crippen molar-refractivity contribution in [2.45, 2.75) is 8.68 Å². The van der Waals surface area contributed by atoms with Crippen molar-refractivity contribution in [3.05, 3.63) is 59.7 Å². The van der Waals surface area contributed by atoms with Gasteiger partial charge in [-0.1, -0.05) is 34.9 Å². The Hall–Kier alpha value is -2.36. The minimum absolute atomic E-state index is 0.0630. The predicted molar refractivity (Wildman–Crippen MR) is 106 cm³/mol. The van der Waals surface area contributed by atoms with E-state index < -0.39 is 0 Å². The molecule has 3 aromatic rings. The van der Waals surface area contributed by atoms with Crippen LogP contribution in [0.15, 0.2) is 57.2 Å². The van der Waals surface area contributed by atoms with E-state index in [4.69, 9.17) is 0 Å². The summed E-state index contributed by atoms with van der Waals surface area (Å²) in [4.78, 5) is 24.2. The maximum atomic E-state index is 12.1. The van der Waals surface area contributed by atoms with E-state index >= 15 is 0 Å². The van der Waals surface area contributed by atoms with E-state index in [1.807, 2.05) is 0 Å². The number of aromatic nitrogens is 2. The Bertz CT molecular complexity index is 864. The molecule has 0 saturated carbocycles. The smallest absolute Gasteiger partial charge is 0.175 e. The molecule has 9 heteroatoms. The van der Waals surface area contributed by atoms with Gasteiger partial charge in [0.2, 0.25) is 0 Å². The summed E-state index contributed by atoms with van der Waals surface area (Å²) in [6.45, 7) is 0. The number of hydrogen-bond donors (Lipinski definition) is 2. The van der Waals surface area contributed by atoms with Crippen LogP contribution in [0.1, 0.15) is 20.7 Å². The maximum Gasteiger partial charge on any atom is 0.175 e. The number of carbonyl (C=O) groups excluding carboxylic acids is 2. The van der Waals surface area contributed by atoms with Crippen molar-refractivity contribution in [2.75, 3.05) is 11.5 Å². The zero-order valence-electron chi connectivity index (χ0n) is 13.9. The molecule has 0 radical (unpaired) electrons. The second-order valence-electron chi connectivity index (χ2n) is 5.35. The SMILES string of the molecule is O=C(CSc1nnc(SCC(=O)c2ccc(O)cc2)s1)c1ccc(O)cc1. The topological polar surface area (TPSA) is 100 Å². The molecule has 6 nitrogen and oxygen atoms in total. The lowest BCUT2D eigenvalue weighted by molar-refractivity contribution is 0.101. The molecule has 0 aliphatic carbocycles. The van der Waals surface area contributed by atoms with Crippen molar-refractivity contribution in [1.82, 2.24) is 10.2 Å². The van der Waals surface area contributed by atoms with Crippen LogP contribution in [0.25, 0.3) is 0 Å². The van der Waals surface area contributed by atoms with Gasteiger partial charge in [-0.3, -0.25) is 9.59 Å². The van der Waals surface area contributed by atoms with E-state index in [1.54, 1.807) is 24.3 Å². The Kier molecular flexibility index (Phi) is 6.49. The second-order valence-corrected chi connectivity index (χ2v) is 8.77. The predicted octanol–water partition coefficient (Wildman–Crippen LogP) is 3.90. The van der Waals surface area contributed by atoms with E-state index in [1.165, 1.54) is 59.1 Å². The van der Waals surface area contributed by atoms with E-state index in [2.05, 4.69) is 10.2 Å². The van der Waals surface area contributed by atoms with Crippen molar-refractivity contribution < 1.29 is 19.8 Å². The average molecular weight is 419 g/mol. The summed E-state index contributed by atoms with van der Waals surface area (Å²) in [5.41, 5.74) is 1.05. The molecule has 1 aromatic heterocycles. The first-order valence-corrected chi connectivity index (χ1v) is 10.5. The molecule has 138 valence electrons. The largest absolute Gasteiger partial charge is 0.508 e. The highest BCUT2D eigenvalue weighted by Crippen LogP contribution is 2.29. The first-order valence-electron chi connectivity index (χ1n) is 7.75. The van der Waals surface area contributed by atoms with Gasteiger partial charge in [-0.15, -0.1) is 10.2 Å². The van der Waals surface area contributed by atoms with Crippen LogP contribution in [0.5, 0.6) is 11.5 Å². The van der Waals surface area contributed by atoms with Crippen LogP contribution in [-0.4, -0.2) is 43.5 Å². The number of phenols is 2. The van der Waals surface area contributed by atoms with Crippen molar-refractivity contribution >= 4 is 46.4 Å². The number of rotatable bonds is 8. The van der Waals surface area contributed by atoms with Crippen LogP contribution >= 0.6 is 34.9 Å². The van der Waals surface area contributed by atoms with E-state index in [9.17, 15) is 19.8 Å². The van der Waals surface area contributed by atoms with Crippen molar-refractivity contribution in [3.8, 4) is 11.5 Å². The van der Waals surface area contributed by atoms with Crippen LogP contribution in [0.2, 0.25) is 0 Å². The fraction of sp³-hybridized carbons (Fsp3) is 0.111. The number of nitrogens with zero attached hydrogens (tertiary/aromatic N) is 2. The van der Waals surface area contributed by atoms with Crippen molar-refractivity contribution in [2.24, 2.45) is 0 Å². The van der Waals surface area contributed by atoms with Gasteiger partial charge in [-0.2, -0.15) is 0 Å². The molecule has 0 spiro atoms. The number of carbonyl (C=O) groups is 2. The lowest BCUT2D eigenvalue weighted by Crippen LogP contribution is -2.01. The summed E-state index contributed by atoms with van der Waals surface area (Å²) in [5, 5.41) is 26.6. The Labute approximate surface area is 167 Å². The standard InChI is InChI=1S/C18H14N2O4S3/c21-13-5-1-11(2-6-13)15(23)9-25-17-19-20-18(27-17)26-10-16(24)12-3-7-14(22)8-4-12/h1-8,21-22H,9-10H2. The van der Waals surface area contributed by atoms with Crippen molar-refractivity contribution in [3.63, 3.8) is 0 Å². The maximum absolute atomic E-state index is 12.1. The van der Waals surface area contributed by atoms with Gasteiger partial charge in [-0.25, -0.2) is 0 Å². The molecule has 0 fully saturated rings. The number of hydrogen-bond acceptors (Lipinski definition) is 9. The van der Waals surface area contributed by atoms with Crippen molar-refractivity contribution in [1.29, 1.82) is 0 Å². The summed E-state index contributed by atoms with van der Waals surface area (Å²) >= 11 is 3.91. The number of Topliss-reactive ketones (excluding diaryl/α,β-unsaturated/α-hetero) is 2. The Balaban J connectivity index is 1.49. The third-order valence-electron chi connectivity index (χ3n) is 3.42. The first-order chi connectivity index (χ1) is 13.0. The summed E-state index contributed by atoms with van der Waals surface area (Å²) in [6.07, 6.45) is 0. The number of phenolic OH excluding ortho intramolecular Hbond substituents is 2. The van der Waals surface area contributed by atoms with Gasteiger partial charge < -0.3 is 10.2 Å². The summed E-state index contributed by atoms with van der Waals surface area (Å²) in [7, 11) is 0. The normalized spacial score (nSPS) is 10.7. The molecule has 0 amide bonds. The lowest BCUT2D eigenvalue weighted by atomic mass is 10.1. The molecule has 0 aliphatic rings. The molecule has 1 heterocycles. The minimum Gasteiger partial charge on any atom is -0.508 e. The van der Waals surface area contributed by atoms with Gasteiger partial charge >= 0.3 is 0 Å². The number of aromatic hydroxyl groups is 2. The Morgan fingerprint density at radius 1 is 0.741 bits per heavy atom. The average Bonchev–Trinajstić information content (AvgIpc) is 3.13. The molecule has 0 saturated heterocycles. The first kappa shape index (κ1) is 19.4. The van der Waals surface area contributed by atoms with Gasteiger partial charge in [0.25, 0.3) is 0 Å². The Morgan fingerprint density at radius 2 is 1.11 bits per heavy atom. The zero-order chi connectivity index (χ0) is 19.2. The highest BCUT2D eigenvalue weighted by molar-refractivity contribution is 8.03. The van der Waals surface area contributed by atoms with Gasteiger partial charge in [0.05, 0.1) is 11.5 Å². The van der Waals surface area contributed by atoms with Crippen LogP contribution in [-0.2, 0) is 0 Å². The van der Waals surface area contributed by atoms with E-state index in [-0.39, 0.29) is 34.6 Å². The minimum atomic E-state index is -0.0630. The molecular formula is C18H14N2O4S3. The molecule has 0 unspecified atom stereocenters. The van der Waals surface area contributed by atoms with E-state index in [0.717, 1.165) is 0 Å². The summed E-state index contributed by atoms with van der Waals surface area (Å²) < 4.78 is 1.31. The van der Waals surface area contributed by atoms with Crippen LogP contribution in [0.3, 0.4) is 0 Å². The molecule has 3 rings (SSSR count). The van der Waals surface area contributed by atoms with Gasteiger partial charge in [-0.05, 0) is 48.5 Å². The van der Waals surface area contributed by atoms with Crippen LogP contribution in [0, 0.1) is 0 Å². The third-order valence-corrected chi connectivity index (χ3v) is 6.61. The summed E-state index contributed by atoms with van der Waals surface area (Å²) in [5.74, 6) is 0.546. The second kappa shape index (κ2) is 9.03. The highest BCUT2D eigenvalue weighted by Gasteiger charge is 2.12. The van der Waals surface area contributed by atoms with E-state index in [0.29, 0.717) is 19.8 Å². The van der Waals surface area contributed by atoms with Gasteiger partial charge in [0.15, 0.2) is 20.2 Å². The van der Waals surface area contributed by atoms with Gasteiger partial charge in [0.1, 0.15) is 11.5 Å². The molecule has 0 atom stereocenters. The number of thioether (sulfide) groups is 2. The molecule has 0 aliphatic heterocycles. The Morgan fingerprint density at radius 3 is 1.48 bits per heavy atom. The van der Waals surface area contributed by atoms with Gasteiger partial charge in [0, 0.05) is 11.1 Å². The lowest BCUT2D eigenvalue weighted by Gasteiger charge is -1.99. The highest BCUT2D eigenvalue weighted by atomic mass is 32.2. The molecule has 27 heavy (non-hydrogen) atoms. The fourth-order valence-corrected chi connectivity index (χ4v) is 4.84. The third kappa shape index (κ3) is 5.56. The quantitative estimate of drug-likeness (QED) is 0.420.